The highest BCUT2D eigenvalue weighted by Crippen LogP contribution is 2.38. The van der Waals surface area contributed by atoms with Gasteiger partial charge in [-0.05, 0) is 36.6 Å². The molecule has 1 saturated carbocycles. The lowest BCUT2D eigenvalue weighted by Crippen LogP contribution is -2.36. The van der Waals surface area contributed by atoms with Gasteiger partial charge in [-0.2, -0.15) is 0 Å². The molecule has 1 amide bonds. The molecule has 6 heteroatoms. The molecule has 1 aliphatic carbocycles. The summed E-state index contributed by atoms with van der Waals surface area (Å²) in [5, 5.41) is 12.7. The summed E-state index contributed by atoms with van der Waals surface area (Å²) in [6.45, 7) is 1.41. The number of amides is 1. The number of aromatic nitrogens is 2. The first kappa shape index (κ1) is 18.3. The first-order chi connectivity index (χ1) is 12.6. The summed E-state index contributed by atoms with van der Waals surface area (Å²) < 4.78 is 0. The zero-order chi connectivity index (χ0) is 18.4. The Morgan fingerprint density at radius 1 is 1.31 bits per heavy atom. The van der Waals surface area contributed by atoms with Crippen LogP contribution in [-0.4, -0.2) is 41.2 Å². The standard InChI is InChI=1S/C20H26N4O2/c1-24(14-20(15-25)7-2-3-8-20)17-6-10-22-18(11-17)19(26)23-13-16-5-4-9-21-12-16/h4-6,9-12,25H,2-3,7-8,13-15H2,1H3,(H,23,26). The Hall–Kier alpha value is -2.47. The third kappa shape index (κ3) is 4.38. The summed E-state index contributed by atoms with van der Waals surface area (Å²) >= 11 is 0. The quantitative estimate of drug-likeness (QED) is 0.798. The van der Waals surface area contributed by atoms with E-state index < -0.39 is 0 Å². The normalized spacial score (nSPS) is 15.6. The second kappa shape index (κ2) is 8.27. The number of nitrogens with one attached hydrogen (secondary N) is 1. The van der Waals surface area contributed by atoms with E-state index in [9.17, 15) is 9.90 Å². The Labute approximate surface area is 154 Å². The maximum atomic E-state index is 12.4. The van der Waals surface area contributed by atoms with Crippen molar-refractivity contribution < 1.29 is 9.90 Å². The molecule has 2 aromatic rings. The van der Waals surface area contributed by atoms with Crippen LogP contribution < -0.4 is 10.2 Å². The van der Waals surface area contributed by atoms with Gasteiger partial charge >= 0.3 is 0 Å². The number of nitrogens with zero attached hydrogens (tertiary/aromatic N) is 3. The summed E-state index contributed by atoms with van der Waals surface area (Å²) in [6, 6.07) is 7.46. The minimum atomic E-state index is -0.207. The molecule has 0 spiro atoms. The van der Waals surface area contributed by atoms with Gasteiger partial charge in [-0.3, -0.25) is 14.8 Å². The van der Waals surface area contributed by atoms with Gasteiger partial charge in [0.15, 0.2) is 0 Å². The zero-order valence-corrected chi connectivity index (χ0v) is 15.2. The third-order valence-electron chi connectivity index (χ3n) is 5.16. The van der Waals surface area contributed by atoms with Crippen molar-refractivity contribution in [1.29, 1.82) is 0 Å². The summed E-state index contributed by atoms with van der Waals surface area (Å²) in [6.07, 6.45) is 9.54. The van der Waals surface area contributed by atoms with E-state index in [4.69, 9.17) is 0 Å². The van der Waals surface area contributed by atoms with Crippen molar-refractivity contribution in [3.8, 4) is 0 Å². The summed E-state index contributed by atoms with van der Waals surface area (Å²) in [5.74, 6) is -0.207. The average molecular weight is 354 g/mol. The molecule has 0 radical (unpaired) electrons. The van der Waals surface area contributed by atoms with Gasteiger partial charge in [0.05, 0.1) is 6.61 Å². The minimum absolute atomic E-state index is 0.0270. The van der Waals surface area contributed by atoms with Crippen LogP contribution in [-0.2, 0) is 6.54 Å². The molecule has 3 rings (SSSR count). The van der Waals surface area contributed by atoms with Crippen LogP contribution in [0.15, 0.2) is 42.9 Å². The van der Waals surface area contributed by atoms with Gasteiger partial charge in [0, 0.05) is 49.8 Å². The monoisotopic (exact) mass is 354 g/mol. The van der Waals surface area contributed by atoms with E-state index in [0.717, 1.165) is 30.6 Å². The van der Waals surface area contributed by atoms with Gasteiger partial charge in [-0.25, -0.2) is 0 Å². The summed E-state index contributed by atoms with van der Waals surface area (Å²) in [4.78, 5) is 22.8. The molecular formula is C20H26N4O2. The molecule has 0 aromatic carbocycles. The lowest BCUT2D eigenvalue weighted by atomic mass is 9.86. The van der Waals surface area contributed by atoms with E-state index in [1.54, 1.807) is 24.7 Å². The van der Waals surface area contributed by atoms with Gasteiger partial charge < -0.3 is 15.3 Å². The zero-order valence-electron chi connectivity index (χ0n) is 15.2. The molecule has 138 valence electrons. The van der Waals surface area contributed by atoms with Crippen molar-refractivity contribution in [2.24, 2.45) is 5.41 Å². The number of hydrogen-bond acceptors (Lipinski definition) is 5. The van der Waals surface area contributed by atoms with Gasteiger partial charge in [-0.15, -0.1) is 0 Å². The van der Waals surface area contributed by atoms with Gasteiger partial charge in [0.25, 0.3) is 5.91 Å². The highest BCUT2D eigenvalue weighted by atomic mass is 16.3. The van der Waals surface area contributed by atoms with Crippen LogP contribution >= 0.6 is 0 Å². The molecular weight excluding hydrogens is 328 g/mol. The fourth-order valence-corrected chi connectivity index (χ4v) is 3.64. The van der Waals surface area contributed by atoms with E-state index >= 15 is 0 Å². The van der Waals surface area contributed by atoms with Gasteiger partial charge in [0.2, 0.25) is 0 Å². The van der Waals surface area contributed by atoms with Crippen LogP contribution in [0.3, 0.4) is 0 Å². The Kier molecular flexibility index (Phi) is 5.83. The first-order valence-corrected chi connectivity index (χ1v) is 9.07. The molecule has 0 bridgehead atoms. The van der Waals surface area contributed by atoms with Crippen LogP contribution in [0.25, 0.3) is 0 Å². The van der Waals surface area contributed by atoms with Crippen LogP contribution in [0, 0.1) is 5.41 Å². The number of hydrogen-bond donors (Lipinski definition) is 2. The maximum Gasteiger partial charge on any atom is 0.270 e. The Balaban J connectivity index is 1.64. The number of pyridine rings is 2. The molecule has 1 fully saturated rings. The van der Waals surface area contributed by atoms with Crippen LogP contribution in [0.5, 0.6) is 0 Å². The Morgan fingerprint density at radius 3 is 2.81 bits per heavy atom. The first-order valence-electron chi connectivity index (χ1n) is 9.07. The molecule has 6 nitrogen and oxygen atoms in total. The predicted octanol–water partition coefficient (Wildman–Crippen LogP) is 2.40. The lowest BCUT2D eigenvalue weighted by molar-refractivity contribution is 0.0946. The lowest BCUT2D eigenvalue weighted by Gasteiger charge is -2.33. The van der Waals surface area contributed by atoms with E-state index in [-0.39, 0.29) is 17.9 Å². The van der Waals surface area contributed by atoms with Crippen molar-refractivity contribution in [2.45, 2.75) is 32.2 Å². The van der Waals surface area contributed by atoms with E-state index in [1.165, 1.54) is 12.8 Å². The third-order valence-corrected chi connectivity index (χ3v) is 5.16. The van der Waals surface area contributed by atoms with Gasteiger partial charge in [0.1, 0.15) is 5.69 Å². The molecule has 1 aliphatic rings. The van der Waals surface area contributed by atoms with Crippen molar-refractivity contribution in [1.82, 2.24) is 15.3 Å². The van der Waals surface area contributed by atoms with Crippen molar-refractivity contribution in [2.75, 3.05) is 25.1 Å². The van der Waals surface area contributed by atoms with E-state index in [1.807, 2.05) is 25.2 Å². The molecule has 2 aromatic heterocycles. The molecule has 0 atom stereocenters. The molecule has 0 unspecified atom stereocenters. The van der Waals surface area contributed by atoms with Crippen molar-refractivity contribution >= 4 is 11.6 Å². The summed E-state index contributed by atoms with van der Waals surface area (Å²) in [7, 11) is 2.00. The van der Waals surface area contributed by atoms with Crippen LogP contribution in [0.1, 0.15) is 41.7 Å². The summed E-state index contributed by atoms with van der Waals surface area (Å²) in [5.41, 5.74) is 2.25. The number of carbonyl (C=O) groups is 1. The van der Waals surface area contributed by atoms with E-state index in [0.29, 0.717) is 12.2 Å². The van der Waals surface area contributed by atoms with Gasteiger partial charge in [-0.1, -0.05) is 18.9 Å². The number of aliphatic hydroxyl groups is 1. The SMILES string of the molecule is CN(CC1(CO)CCCC1)c1ccnc(C(=O)NCc2cccnc2)c1. The highest BCUT2D eigenvalue weighted by molar-refractivity contribution is 5.93. The predicted molar refractivity (Wildman–Crippen MR) is 101 cm³/mol. The molecule has 2 heterocycles. The van der Waals surface area contributed by atoms with Crippen molar-refractivity contribution in [3.63, 3.8) is 0 Å². The van der Waals surface area contributed by atoms with Crippen LogP contribution in [0.4, 0.5) is 5.69 Å². The van der Waals surface area contributed by atoms with E-state index in [2.05, 4.69) is 20.2 Å². The average Bonchev–Trinajstić information content (AvgIpc) is 3.16. The second-order valence-corrected chi connectivity index (χ2v) is 7.16. The molecule has 0 saturated heterocycles. The number of anilines is 1. The van der Waals surface area contributed by atoms with Crippen LogP contribution in [0.2, 0.25) is 0 Å². The Morgan fingerprint density at radius 2 is 2.12 bits per heavy atom. The fourth-order valence-electron chi connectivity index (χ4n) is 3.64. The topological polar surface area (TPSA) is 78.3 Å². The maximum absolute atomic E-state index is 12.4. The molecule has 0 aliphatic heterocycles. The highest BCUT2D eigenvalue weighted by Gasteiger charge is 2.34. The molecule has 2 N–H and O–H groups in total. The number of aliphatic hydroxyl groups excluding tert-OH is 1. The Bertz CT molecular complexity index is 730. The minimum Gasteiger partial charge on any atom is -0.396 e. The van der Waals surface area contributed by atoms with Crippen molar-refractivity contribution in [3.05, 3.63) is 54.1 Å². The fraction of sp³-hybridized carbons (Fsp3) is 0.450. The number of carbonyl (C=O) groups excluding carboxylic acids is 1. The second-order valence-electron chi connectivity index (χ2n) is 7.16. The molecule has 26 heavy (non-hydrogen) atoms. The smallest absolute Gasteiger partial charge is 0.270 e. The number of rotatable bonds is 7. The largest absolute Gasteiger partial charge is 0.396 e.